The summed E-state index contributed by atoms with van der Waals surface area (Å²) in [4.78, 5) is 32.1. The lowest BCUT2D eigenvalue weighted by atomic mass is 10.1. The van der Waals surface area contributed by atoms with Gasteiger partial charge in [-0.05, 0) is 45.3 Å². The fraction of sp³-hybridized carbons (Fsp3) is 0.444. The fourth-order valence-corrected chi connectivity index (χ4v) is 4.40. The minimum absolute atomic E-state index is 0.0647. The van der Waals surface area contributed by atoms with E-state index in [9.17, 15) is 4.79 Å². The van der Waals surface area contributed by atoms with Crippen molar-refractivity contribution >= 4 is 11.4 Å². The number of likely N-dealkylation sites (N-methyl/N-ethyl adjacent to an activating group) is 3. The monoisotopic (exact) mass is 476 g/mol. The van der Waals surface area contributed by atoms with E-state index < -0.39 is 0 Å². The first-order valence-corrected chi connectivity index (χ1v) is 12.4. The second kappa shape index (κ2) is 10.6. The van der Waals surface area contributed by atoms with Crippen LogP contribution in [0.1, 0.15) is 6.92 Å². The van der Waals surface area contributed by atoms with Crippen molar-refractivity contribution in [3.8, 4) is 22.8 Å². The third-order valence-electron chi connectivity index (χ3n) is 6.76. The number of aromatic nitrogens is 3. The molecule has 35 heavy (non-hydrogen) atoms. The highest BCUT2D eigenvalue weighted by Crippen LogP contribution is 2.25. The molecule has 0 aliphatic carbocycles. The van der Waals surface area contributed by atoms with Gasteiger partial charge in [0.1, 0.15) is 0 Å². The maximum atomic E-state index is 12.7. The first kappa shape index (κ1) is 24.9. The van der Waals surface area contributed by atoms with Crippen LogP contribution in [0.4, 0.5) is 11.4 Å². The van der Waals surface area contributed by atoms with Crippen LogP contribution in [0.25, 0.3) is 22.8 Å². The van der Waals surface area contributed by atoms with E-state index in [1.54, 1.807) is 12.1 Å². The van der Waals surface area contributed by atoms with E-state index in [1.807, 2.05) is 24.5 Å². The summed E-state index contributed by atoms with van der Waals surface area (Å²) in [6.45, 7) is 9.16. The highest BCUT2D eigenvalue weighted by atomic mass is 16.1. The molecule has 8 nitrogen and oxygen atoms in total. The Balaban J connectivity index is 1.61. The van der Waals surface area contributed by atoms with Crippen molar-refractivity contribution in [2.45, 2.75) is 6.92 Å². The summed E-state index contributed by atoms with van der Waals surface area (Å²) in [5.41, 5.74) is 5.08. The van der Waals surface area contributed by atoms with E-state index in [2.05, 4.69) is 76.9 Å². The second-order valence-corrected chi connectivity index (χ2v) is 10.2. The molecule has 0 bridgehead atoms. The van der Waals surface area contributed by atoms with Crippen LogP contribution in [0.2, 0.25) is 0 Å². The summed E-state index contributed by atoms with van der Waals surface area (Å²) in [6.07, 6.45) is 3.64. The number of piperazine rings is 1. The molecule has 4 heterocycles. The summed E-state index contributed by atoms with van der Waals surface area (Å²) in [5.74, 6) is 0. The Bertz CT molecular complexity index is 1120. The van der Waals surface area contributed by atoms with E-state index in [-0.39, 0.29) is 5.43 Å². The first-order chi connectivity index (χ1) is 16.7. The minimum Gasteiger partial charge on any atom is -0.370 e. The fourth-order valence-electron chi connectivity index (χ4n) is 4.40. The van der Waals surface area contributed by atoms with Gasteiger partial charge in [0, 0.05) is 55.5 Å². The zero-order valence-corrected chi connectivity index (χ0v) is 21.7. The Kier molecular flexibility index (Phi) is 7.52. The number of aromatic amines is 1. The minimum atomic E-state index is -0.0647. The lowest BCUT2D eigenvalue weighted by molar-refractivity contribution is -0.890. The molecular weight excluding hydrogens is 438 g/mol. The summed E-state index contributed by atoms with van der Waals surface area (Å²) in [5, 5.41) is 0. The Morgan fingerprint density at radius 1 is 0.943 bits per heavy atom. The molecule has 1 aliphatic rings. The summed E-state index contributed by atoms with van der Waals surface area (Å²) in [7, 11) is 8.71. The molecule has 186 valence electrons. The second-order valence-electron chi connectivity index (χ2n) is 10.2. The van der Waals surface area contributed by atoms with Gasteiger partial charge in [-0.3, -0.25) is 14.8 Å². The van der Waals surface area contributed by atoms with Crippen molar-refractivity contribution in [3.05, 3.63) is 59.0 Å². The van der Waals surface area contributed by atoms with Gasteiger partial charge in [-0.15, -0.1) is 0 Å². The molecule has 1 aliphatic heterocycles. The number of hydrogen-bond donors (Lipinski definition) is 1. The first-order valence-electron chi connectivity index (χ1n) is 12.4. The van der Waals surface area contributed by atoms with E-state index in [4.69, 9.17) is 0 Å². The van der Waals surface area contributed by atoms with E-state index >= 15 is 0 Å². The molecule has 0 amide bonds. The molecule has 4 rings (SSSR count). The molecule has 1 N–H and O–H groups in total. The van der Waals surface area contributed by atoms with Gasteiger partial charge in [0.25, 0.3) is 0 Å². The summed E-state index contributed by atoms with van der Waals surface area (Å²) < 4.78 is 1.04. The number of nitrogens with one attached hydrogen (secondary N) is 1. The van der Waals surface area contributed by atoms with Gasteiger partial charge >= 0.3 is 0 Å². The standard InChI is InChI=1S/C27H37N7O/c1-6-32(12-11-31(2)3)21-7-9-28-24(17-21)26-19-23(35)20-27(30-26)25-18-22(8-10-29-25)33-13-15-34(4,5)16-14-33/h7-10,17-20H,6,11-16H2,1-5H3/p+1. The molecular formula is C27H38N7O+. The van der Waals surface area contributed by atoms with Gasteiger partial charge in [-0.25, -0.2) is 0 Å². The van der Waals surface area contributed by atoms with Crippen molar-refractivity contribution in [2.75, 3.05) is 83.8 Å². The highest BCUT2D eigenvalue weighted by Gasteiger charge is 2.24. The summed E-state index contributed by atoms with van der Waals surface area (Å²) >= 11 is 0. The smallest absolute Gasteiger partial charge is 0.182 e. The molecule has 0 radical (unpaired) electrons. The van der Waals surface area contributed by atoms with Gasteiger partial charge in [-0.1, -0.05) is 0 Å². The average Bonchev–Trinajstić information content (AvgIpc) is 2.84. The third kappa shape index (κ3) is 6.26. The SMILES string of the molecule is CCN(CCN(C)C)c1ccnc(-c2cc(=O)cc(-c3cc(N4CC[N+](C)(C)CC4)ccn3)[nH]2)c1. The van der Waals surface area contributed by atoms with Crippen molar-refractivity contribution < 1.29 is 4.48 Å². The van der Waals surface area contributed by atoms with E-state index in [1.165, 1.54) is 0 Å². The van der Waals surface area contributed by atoms with Gasteiger partial charge in [-0.2, -0.15) is 0 Å². The van der Waals surface area contributed by atoms with Crippen LogP contribution in [0, 0.1) is 0 Å². The summed E-state index contributed by atoms with van der Waals surface area (Å²) in [6, 6.07) is 11.4. The number of anilines is 2. The highest BCUT2D eigenvalue weighted by molar-refractivity contribution is 5.67. The van der Waals surface area contributed by atoms with Crippen molar-refractivity contribution in [2.24, 2.45) is 0 Å². The number of nitrogens with zero attached hydrogens (tertiary/aromatic N) is 6. The quantitative estimate of drug-likeness (QED) is 0.505. The topological polar surface area (TPSA) is 68.4 Å². The van der Waals surface area contributed by atoms with E-state index in [0.717, 1.165) is 73.1 Å². The van der Waals surface area contributed by atoms with Crippen LogP contribution in [-0.4, -0.2) is 98.3 Å². The molecule has 3 aromatic rings. The van der Waals surface area contributed by atoms with Gasteiger partial charge in [0.15, 0.2) is 5.43 Å². The van der Waals surface area contributed by atoms with Crippen LogP contribution in [0.3, 0.4) is 0 Å². The lowest BCUT2D eigenvalue weighted by Crippen LogP contribution is -2.54. The van der Waals surface area contributed by atoms with Crippen molar-refractivity contribution in [3.63, 3.8) is 0 Å². The predicted octanol–water partition coefficient (Wildman–Crippen LogP) is 2.78. The van der Waals surface area contributed by atoms with Crippen molar-refractivity contribution in [1.82, 2.24) is 19.9 Å². The molecule has 1 fully saturated rings. The number of H-pyrrole nitrogens is 1. The molecule has 3 aromatic heterocycles. The Labute approximate surface area is 208 Å². The molecule has 8 heteroatoms. The van der Waals surface area contributed by atoms with Gasteiger partial charge < -0.3 is 24.2 Å². The molecule has 0 unspecified atom stereocenters. The predicted molar refractivity (Wildman–Crippen MR) is 144 cm³/mol. The molecule has 0 aromatic carbocycles. The number of pyridine rings is 3. The number of quaternary nitrogens is 1. The van der Waals surface area contributed by atoms with Gasteiger partial charge in [0.2, 0.25) is 0 Å². The van der Waals surface area contributed by atoms with Crippen LogP contribution in [0.15, 0.2) is 53.6 Å². The number of hydrogen-bond acceptors (Lipinski definition) is 6. The van der Waals surface area contributed by atoms with Gasteiger partial charge in [0.05, 0.1) is 63.1 Å². The Hall–Kier alpha value is -3.23. The van der Waals surface area contributed by atoms with Crippen LogP contribution >= 0.6 is 0 Å². The molecule has 1 saturated heterocycles. The van der Waals surface area contributed by atoms with Crippen LogP contribution < -0.4 is 15.2 Å². The maximum absolute atomic E-state index is 12.7. The third-order valence-corrected chi connectivity index (χ3v) is 6.76. The van der Waals surface area contributed by atoms with E-state index in [0.29, 0.717) is 11.4 Å². The lowest BCUT2D eigenvalue weighted by Gasteiger charge is -2.40. The maximum Gasteiger partial charge on any atom is 0.182 e. The molecule has 0 atom stereocenters. The Morgan fingerprint density at radius 2 is 1.57 bits per heavy atom. The normalized spacial score (nSPS) is 15.4. The largest absolute Gasteiger partial charge is 0.370 e. The zero-order chi connectivity index (χ0) is 25.0. The zero-order valence-electron chi connectivity index (χ0n) is 21.7. The average molecular weight is 477 g/mol. The van der Waals surface area contributed by atoms with Crippen LogP contribution in [-0.2, 0) is 0 Å². The molecule has 0 spiro atoms. The number of rotatable bonds is 8. The Morgan fingerprint density at radius 3 is 2.20 bits per heavy atom. The van der Waals surface area contributed by atoms with Crippen molar-refractivity contribution in [1.29, 1.82) is 0 Å². The molecule has 0 saturated carbocycles. The van der Waals surface area contributed by atoms with Crippen LogP contribution in [0.5, 0.6) is 0 Å².